The van der Waals surface area contributed by atoms with E-state index in [-0.39, 0.29) is 46.7 Å². The maximum atomic E-state index is 13.4. The molecule has 0 spiro atoms. The maximum Gasteiger partial charge on any atom is 0.435 e. The van der Waals surface area contributed by atoms with Crippen LogP contribution in [0, 0.1) is 0 Å². The minimum absolute atomic E-state index is 0.0703. The number of aromatic nitrogens is 2. The quantitative estimate of drug-likeness (QED) is 0.489. The lowest BCUT2D eigenvalue weighted by molar-refractivity contribution is -0.141. The van der Waals surface area contributed by atoms with E-state index in [2.05, 4.69) is 5.10 Å². The summed E-state index contributed by atoms with van der Waals surface area (Å²) >= 11 is 6.16. The number of halogens is 4. The molecule has 186 valence electrons. The third-order valence-electron chi connectivity index (χ3n) is 5.74. The van der Waals surface area contributed by atoms with E-state index in [0.717, 1.165) is 10.7 Å². The zero-order valence-corrected chi connectivity index (χ0v) is 20.0. The van der Waals surface area contributed by atoms with Crippen LogP contribution in [-0.4, -0.2) is 72.4 Å². The van der Waals surface area contributed by atoms with Crippen molar-refractivity contribution in [2.24, 2.45) is 0 Å². The summed E-state index contributed by atoms with van der Waals surface area (Å²) in [5.74, 6) is -0.677. The van der Waals surface area contributed by atoms with Gasteiger partial charge in [0.1, 0.15) is 5.69 Å². The van der Waals surface area contributed by atoms with Crippen LogP contribution in [0.25, 0.3) is 5.69 Å². The monoisotopic (exact) mass is 526 g/mol. The molecular weight excluding hydrogens is 505 g/mol. The van der Waals surface area contributed by atoms with Crippen LogP contribution in [0.15, 0.2) is 65.6 Å². The number of carbonyl (C=O) groups excluding carboxylic acids is 1. The zero-order chi connectivity index (χ0) is 25.2. The number of hydrogen-bond donors (Lipinski definition) is 0. The van der Waals surface area contributed by atoms with Crippen LogP contribution in [-0.2, 0) is 16.0 Å². The van der Waals surface area contributed by atoms with Gasteiger partial charge in [0.05, 0.1) is 21.4 Å². The molecule has 2 aromatic carbocycles. The Balaban J connectivity index is 1.46. The van der Waals surface area contributed by atoms with Crippen molar-refractivity contribution in [2.45, 2.75) is 11.1 Å². The van der Waals surface area contributed by atoms with Crippen LogP contribution in [0.3, 0.4) is 0 Å². The average Bonchev–Trinajstić information content (AvgIpc) is 3.29. The van der Waals surface area contributed by atoms with E-state index in [4.69, 9.17) is 11.6 Å². The molecule has 0 bridgehead atoms. The van der Waals surface area contributed by atoms with Crippen molar-refractivity contribution < 1.29 is 26.4 Å². The Kier molecular flexibility index (Phi) is 7.20. The summed E-state index contributed by atoms with van der Waals surface area (Å²) in [5, 5.41) is 3.77. The van der Waals surface area contributed by atoms with Gasteiger partial charge in [-0.3, -0.25) is 9.69 Å². The highest BCUT2D eigenvalue weighted by molar-refractivity contribution is 7.91. The molecule has 1 aliphatic heterocycles. The van der Waals surface area contributed by atoms with Crippen LogP contribution in [0.5, 0.6) is 0 Å². The second kappa shape index (κ2) is 10.00. The van der Waals surface area contributed by atoms with E-state index in [1.165, 1.54) is 17.0 Å². The van der Waals surface area contributed by atoms with Crippen LogP contribution < -0.4 is 0 Å². The van der Waals surface area contributed by atoms with Crippen LogP contribution >= 0.6 is 11.6 Å². The Hall–Kier alpha value is -2.89. The molecular formula is C23H22ClF3N4O3S. The van der Waals surface area contributed by atoms with Crippen LogP contribution in [0.4, 0.5) is 13.2 Å². The first kappa shape index (κ1) is 25.2. The number of piperazine rings is 1. The molecule has 3 aromatic rings. The fourth-order valence-electron chi connectivity index (χ4n) is 3.81. The lowest BCUT2D eigenvalue weighted by Crippen LogP contribution is -2.50. The Morgan fingerprint density at radius 2 is 1.60 bits per heavy atom. The minimum Gasteiger partial charge on any atom is -0.335 e. The molecule has 4 rings (SSSR count). The number of carbonyl (C=O) groups is 1. The van der Waals surface area contributed by atoms with Crippen molar-refractivity contribution in [1.82, 2.24) is 19.6 Å². The van der Waals surface area contributed by atoms with Gasteiger partial charge in [0, 0.05) is 38.8 Å². The van der Waals surface area contributed by atoms with Gasteiger partial charge in [-0.15, -0.1) is 0 Å². The number of alkyl halides is 3. The summed E-state index contributed by atoms with van der Waals surface area (Å²) in [6, 6.07) is 15.1. The van der Waals surface area contributed by atoms with E-state index in [9.17, 15) is 26.4 Å². The van der Waals surface area contributed by atoms with Gasteiger partial charge < -0.3 is 4.90 Å². The summed E-state index contributed by atoms with van der Waals surface area (Å²) in [5.41, 5.74) is -1.27. The normalized spacial score (nSPS) is 15.4. The predicted molar refractivity (Wildman–Crippen MR) is 124 cm³/mol. The Morgan fingerprint density at radius 3 is 2.23 bits per heavy atom. The van der Waals surface area contributed by atoms with E-state index in [1.807, 2.05) is 4.90 Å². The first-order valence-electron chi connectivity index (χ1n) is 10.8. The standard InChI is InChI=1S/C23H22ClF3N4O3S/c24-18-8-4-5-9-19(18)31-20(16-21(28-31)23(25,26)27)22(32)30-12-10-29(11-13-30)14-15-35(33,34)17-6-2-1-3-7-17/h1-9,16H,10-15H2. The molecule has 12 heteroatoms. The molecule has 1 amide bonds. The smallest absolute Gasteiger partial charge is 0.335 e. The second-order valence-corrected chi connectivity index (χ2v) is 10.6. The lowest BCUT2D eigenvalue weighted by atomic mass is 10.2. The van der Waals surface area contributed by atoms with E-state index in [1.54, 1.807) is 42.5 Å². The Bertz CT molecular complexity index is 1310. The number of hydrogen-bond acceptors (Lipinski definition) is 5. The van der Waals surface area contributed by atoms with Gasteiger partial charge in [0.2, 0.25) is 0 Å². The molecule has 0 aliphatic carbocycles. The molecule has 0 saturated carbocycles. The van der Waals surface area contributed by atoms with Gasteiger partial charge in [-0.1, -0.05) is 41.9 Å². The van der Waals surface area contributed by atoms with E-state index in [0.29, 0.717) is 13.1 Å². The van der Waals surface area contributed by atoms with E-state index >= 15 is 0 Å². The summed E-state index contributed by atoms with van der Waals surface area (Å²) in [7, 11) is -3.44. The summed E-state index contributed by atoms with van der Waals surface area (Å²) in [4.78, 5) is 16.8. The van der Waals surface area contributed by atoms with Crippen molar-refractivity contribution in [2.75, 3.05) is 38.5 Å². The highest BCUT2D eigenvalue weighted by Crippen LogP contribution is 2.31. The molecule has 0 N–H and O–H groups in total. The molecule has 0 radical (unpaired) electrons. The summed E-state index contributed by atoms with van der Waals surface area (Å²) < 4.78 is 66.1. The summed E-state index contributed by atoms with van der Waals surface area (Å²) in [6.45, 7) is 1.54. The second-order valence-electron chi connectivity index (χ2n) is 8.04. The van der Waals surface area contributed by atoms with Gasteiger partial charge in [-0.25, -0.2) is 13.1 Å². The number of rotatable bonds is 6. The fraction of sp³-hybridized carbons (Fsp3) is 0.304. The van der Waals surface area contributed by atoms with Crippen LogP contribution in [0.2, 0.25) is 5.02 Å². The van der Waals surface area contributed by atoms with Crippen molar-refractivity contribution >= 4 is 27.3 Å². The van der Waals surface area contributed by atoms with Crippen molar-refractivity contribution in [3.63, 3.8) is 0 Å². The largest absolute Gasteiger partial charge is 0.435 e. The minimum atomic E-state index is -4.73. The Labute approximate surface area is 205 Å². The van der Waals surface area contributed by atoms with Gasteiger partial charge in [0.15, 0.2) is 15.5 Å². The van der Waals surface area contributed by atoms with Crippen molar-refractivity contribution in [3.05, 3.63) is 77.1 Å². The predicted octanol–water partition coefficient (Wildman–Crippen LogP) is 3.78. The maximum absolute atomic E-state index is 13.4. The highest BCUT2D eigenvalue weighted by Gasteiger charge is 2.37. The number of nitrogens with zero attached hydrogens (tertiary/aromatic N) is 4. The molecule has 1 aliphatic rings. The zero-order valence-electron chi connectivity index (χ0n) is 18.4. The first-order valence-corrected chi connectivity index (χ1v) is 12.8. The molecule has 1 aromatic heterocycles. The molecule has 2 heterocycles. The molecule has 0 unspecified atom stereocenters. The fourth-order valence-corrected chi connectivity index (χ4v) is 5.33. The number of amides is 1. The summed E-state index contributed by atoms with van der Waals surface area (Å²) in [6.07, 6.45) is -4.73. The molecule has 1 fully saturated rings. The van der Waals surface area contributed by atoms with E-state index < -0.39 is 27.6 Å². The highest BCUT2D eigenvalue weighted by atomic mass is 35.5. The molecule has 7 nitrogen and oxygen atoms in total. The average molecular weight is 527 g/mol. The van der Waals surface area contributed by atoms with Gasteiger partial charge >= 0.3 is 6.18 Å². The van der Waals surface area contributed by atoms with Crippen molar-refractivity contribution in [1.29, 1.82) is 0 Å². The third kappa shape index (κ3) is 5.68. The van der Waals surface area contributed by atoms with Gasteiger partial charge in [-0.05, 0) is 24.3 Å². The van der Waals surface area contributed by atoms with Gasteiger partial charge in [-0.2, -0.15) is 18.3 Å². The number of benzene rings is 2. The molecule has 35 heavy (non-hydrogen) atoms. The molecule has 0 atom stereocenters. The topological polar surface area (TPSA) is 75.5 Å². The van der Waals surface area contributed by atoms with Crippen molar-refractivity contribution in [3.8, 4) is 5.69 Å². The number of sulfone groups is 1. The number of para-hydroxylation sites is 1. The Morgan fingerprint density at radius 1 is 0.971 bits per heavy atom. The third-order valence-corrected chi connectivity index (χ3v) is 7.77. The first-order chi connectivity index (χ1) is 16.6. The molecule has 1 saturated heterocycles. The van der Waals surface area contributed by atoms with Crippen LogP contribution in [0.1, 0.15) is 16.2 Å². The lowest BCUT2D eigenvalue weighted by Gasteiger charge is -2.34. The van der Waals surface area contributed by atoms with Gasteiger partial charge in [0.25, 0.3) is 5.91 Å². The SMILES string of the molecule is O=C(c1cc(C(F)(F)F)nn1-c1ccccc1Cl)N1CCN(CCS(=O)(=O)c2ccccc2)CC1.